The minimum absolute atomic E-state index is 0.137. The Kier molecular flexibility index (Phi) is 4.15. The van der Waals surface area contributed by atoms with Crippen molar-refractivity contribution in [1.82, 2.24) is 20.9 Å². The van der Waals surface area contributed by atoms with Gasteiger partial charge in [0.2, 0.25) is 0 Å². The van der Waals surface area contributed by atoms with Crippen LogP contribution >= 0.6 is 11.3 Å². The van der Waals surface area contributed by atoms with Crippen molar-refractivity contribution in [1.29, 1.82) is 0 Å². The van der Waals surface area contributed by atoms with Crippen LogP contribution < -0.4 is 16.0 Å². The number of amides is 3. The van der Waals surface area contributed by atoms with E-state index in [-0.39, 0.29) is 18.0 Å². The van der Waals surface area contributed by atoms with E-state index in [0.717, 1.165) is 24.3 Å². The molecule has 3 rings (SSSR count). The molecule has 0 aromatic carbocycles. The standard InChI is InChI=1S/C15H20N4O2S/c1-8-13(9(2)18-15(21)17-8)14(20)16-7-6-12-19-10-4-3-5-11(10)22-12/h8H,3-7H2,1-2H3,(H,16,20)(H2,17,18,21)/t8-/m1/s1. The Labute approximate surface area is 133 Å². The van der Waals surface area contributed by atoms with Gasteiger partial charge in [0.25, 0.3) is 5.91 Å². The van der Waals surface area contributed by atoms with Gasteiger partial charge in [-0.3, -0.25) is 4.79 Å². The summed E-state index contributed by atoms with van der Waals surface area (Å²) < 4.78 is 0. The van der Waals surface area contributed by atoms with Crippen molar-refractivity contribution in [3.8, 4) is 0 Å². The fourth-order valence-electron chi connectivity index (χ4n) is 2.96. The number of nitrogens with zero attached hydrogens (tertiary/aromatic N) is 1. The second-order valence-corrected chi connectivity index (χ2v) is 6.86. The van der Waals surface area contributed by atoms with Crippen molar-refractivity contribution in [3.05, 3.63) is 26.8 Å². The summed E-state index contributed by atoms with van der Waals surface area (Å²) in [4.78, 5) is 29.6. The third kappa shape index (κ3) is 2.99. The monoisotopic (exact) mass is 320 g/mol. The smallest absolute Gasteiger partial charge is 0.319 e. The third-order valence-electron chi connectivity index (χ3n) is 3.99. The van der Waals surface area contributed by atoms with Crippen molar-refractivity contribution in [3.63, 3.8) is 0 Å². The topological polar surface area (TPSA) is 83.1 Å². The molecule has 22 heavy (non-hydrogen) atoms. The number of allylic oxidation sites excluding steroid dienone is 1. The number of thiazole rings is 1. The molecule has 0 unspecified atom stereocenters. The highest BCUT2D eigenvalue weighted by atomic mass is 32.1. The molecule has 7 heteroatoms. The maximum atomic E-state index is 12.3. The molecule has 1 aliphatic carbocycles. The average molecular weight is 320 g/mol. The number of aryl methyl sites for hydroxylation is 2. The molecule has 0 bridgehead atoms. The summed E-state index contributed by atoms with van der Waals surface area (Å²) in [6.45, 7) is 4.11. The summed E-state index contributed by atoms with van der Waals surface area (Å²) >= 11 is 1.77. The van der Waals surface area contributed by atoms with E-state index in [0.29, 0.717) is 17.8 Å². The van der Waals surface area contributed by atoms with Crippen molar-refractivity contribution in [2.45, 2.75) is 45.6 Å². The van der Waals surface area contributed by atoms with E-state index in [1.165, 1.54) is 17.0 Å². The predicted octanol–water partition coefficient (Wildman–Crippen LogP) is 1.27. The molecule has 3 N–H and O–H groups in total. The van der Waals surface area contributed by atoms with Gasteiger partial charge in [0.15, 0.2) is 0 Å². The minimum Gasteiger partial charge on any atom is -0.352 e. The summed E-state index contributed by atoms with van der Waals surface area (Å²) in [6.07, 6.45) is 4.21. The van der Waals surface area contributed by atoms with Crippen LogP contribution in [-0.2, 0) is 24.1 Å². The number of carbonyl (C=O) groups is 2. The van der Waals surface area contributed by atoms with Crippen LogP contribution in [0.3, 0.4) is 0 Å². The van der Waals surface area contributed by atoms with E-state index >= 15 is 0 Å². The van der Waals surface area contributed by atoms with Crippen LogP contribution in [0.1, 0.15) is 35.8 Å². The fraction of sp³-hybridized carbons (Fsp3) is 0.533. The first-order valence-electron chi connectivity index (χ1n) is 7.58. The van der Waals surface area contributed by atoms with Gasteiger partial charge in [0, 0.05) is 23.5 Å². The molecule has 6 nitrogen and oxygen atoms in total. The molecule has 0 fully saturated rings. The second-order valence-electron chi connectivity index (χ2n) is 5.70. The number of fused-ring (bicyclic) bond motifs is 1. The Balaban J connectivity index is 1.55. The van der Waals surface area contributed by atoms with Gasteiger partial charge in [-0.25, -0.2) is 9.78 Å². The Bertz CT molecular complexity index is 628. The van der Waals surface area contributed by atoms with Crippen LogP contribution in [0.2, 0.25) is 0 Å². The van der Waals surface area contributed by atoms with Crippen LogP contribution in [0.4, 0.5) is 4.79 Å². The van der Waals surface area contributed by atoms with E-state index in [4.69, 9.17) is 0 Å². The summed E-state index contributed by atoms with van der Waals surface area (Å²) in [7, 11) is 0. The fourth-order valence-corrected chi connectivity index (χ4v) is 4.12. The van der Waals surface area contributed by atoms with Gasteiger partial charge < -0.3 is 16.0 Å². The van der Waals surface area contributed by atoms with E-state index in [1.807, 2.05) is 6.92 Å². The third-order valence-corrected chi connectivity index (χ3v) is 5.21. The lowest BCUT2D eigenvalue weighted by molar-refractivity contribution is -0.117. The number of hydrogen-bond donors (Lipinski definition) is 3. The minimum atomic E-state index is -0.280. The van der Waals surface area contributed by atoms with Gasteiger partial charge in [-0.05, 0) is 33.1 Å². The normalized spacial score (nSPS) is 20.5. The molecule has 0 spiro atoms. The van der Waals surface area contributed by atoms with Gasteiger partial charge in [0.05, 0.1) is 22.3 Å². The van der Waals surface area contributed by atoms with E-state index in [2.05, 4.69) is 20.9 Å². The molecule has 1 aromatic heterocycles. The zero-order valence-corrected chi connectivity index (χ0v) is 13.6. The molecule has 3 amide bonds. The summed E-state index contributed by atoms with van der Waals surface area (Å²) in [6, 6.07) is -0.545. The highest BCUT2D eigenvalue weighted by molar-refractivity contribution is 7.11. The number of rotatable bonds is 4. The first-order valence-corrected chi connectivity index (χ1v) is 8.40. The number of urea groups is 1. The lowest BCUT2D eigenvalue weighted by Gasteiger charge is -2.25. The van der Waals surface area contributed by atoms with E-state index in [9.17, 15) is 9.59 Å². The predicted molar refractivity (Wildman–Crippen MR) is 84.7 cm³/mol. The van der Waals surface area contributed by atoms with Gasteiger partial charge in [-0.1, -0.05) is 0 Å². The highest BCUT2D eigenvalue weighted by Gasteiger charge is 2.26. The second kappa shape index (κ2) is 6.08. The average Bonchev–Trinajstić information content (AvgIpc) is 2.98. The molecule has 0 saturated heterocycles. The molecule has 1 aliphatic heterocycles. The number of carbonyl (C=O) groups excluding carboxylic acids is 2. The Morgan fingerprint density at radius 2 is 2.27 bits per heavy atom. The van der Waals surface area contributed by atoms with Crippen LogP contribution in [0.5, 0.6) is 0 Å². The molecule has 2 aliphatic rings. The highest BCUT2D eigenvalue weighted by Crippen LogP contribution is 2.27. The van der Waals surface area contributed by atoms with Crippen molar-refractivity contribution < 1.29 is 9.59 Å². The lowest BCUT2D eigenvalue weighted by atomic mass is 10.0. The molecule has 1 aromatic rings. The van der Waals surface area contributed by atoms with Gasteiger partial charge in [0.1, 0.15) is 0 Å². The lowest BCUT2D eigenvalue weighted by Crippen LogP contribution is -2.50. The van der Waals surface area contributed by atoms with Gasteiger partial charge >= 0.3 is 6.03 Å². The summed E-state index contributed by atoms with van der Waals surface area (Å²) in [5, 5.41) is 9.34. The summed E-state index contributed by atoms with van der Waals surface area (Å²) in [5.41, 5.74) is 2.45. The number of hydrogen-bond acceptors (Lipinski definition) is 4. The molecule has 1 atom stereocenters. The molecule has 118 valence electrons. The van der Waals surface area contributed by atoms with Crippen LogP contribution in [0.15, 0.2) is 11.3 Å². The zero-order valence-electron chi connectivity index (χ0n) is 12.8. The first kappa shape index (κ1) is 15.0. The Hall–Kier alpha value is -1.89. The van der Waals surface area contributed by atoms with Crippen LogP contribution in [-0.4, -0.2) is 29.5 Å². The largest absolute Gasteiger partial charge is 0.352 e. The molecular formula is C15H20N4O2S. The molecule has 0 radical (unpaired) electrons. The zero-order chi connectivity index (χ0) is 15.7. The SMILES string of the molecule is CC1=C(C(=O)NCCc2nc3c(s2)CCC3)[C@@H](C)NC(=O)N1. The van der Waals surface area contributed by atoms with Crippen molar-refractivity contribution in [2.75, 3.05) is 6.54 Å². The number of aromatic nitrogens is 1. The molecule has 0 saturated carbocycles. The van der Waals surface area contributed by atoms with E-state index < -0.39 is 0 Å². The first-order chi connectivity index (χ1) is 10.5. The van der Waals surface area contributed by atoms with E-state index in [1.54, 1.807) is 18.3 Å². The number of nitrogens with one attached hydrogen (secondary N) is 3. The van der Waals surface area contributed by atoms with Gasteiger partial charge in [-0.15, -0.1) is 11.3 Å². The Morgan fingerprint density at radius 3 is 3.00 bits per heavy atom. The van der Waals surface area contributed by atoms with Crippen molar-refractivity contribution in [2.24, 2.45) is 0 Å². The van der Waals surface area contributed by atoms with Gasteiger partial charge in [-0.2, -0.15) is 0 Å². The molecule has 2 heterocycles. The summed E-state index contributed by atoms with van der Waals surface area (Å²) in [5.74, 6) is -0.137. The quantitative estimate of drug-likeness (QED) is 0.781. The Morgan fingerprint density at radius 1 is 1.45 bits per heavy atom. The van der Waals surface area contributed by atoms with Crippen molar-refractivity contribution >= 4 is 23.3 Å². The van der Waals surface area contributed by atoms with Crippen LogP contribution in [0, 0.1) is 0 Å². The molecular weight excluding hydrogens is 300 g/mol. The maximum absolute atomic E-state index is 12.3. The maximum Gasteiger partial charge on any atom is 0.319 e. The van der Waals surface area contributed by atoms with Crippen LogP contribution in [0.25, 0.3) is 0 Å².